The first kappa shape index (κ1) is 11.5. The quantitative estimate of drug-likeness (QED) is 0.558. The van der Waals surface area contributed by atoms with Gasteiger partial charge < -0.3 is 8.92 Å². The molecular weight excluding hydrogens is 220 g/mol. The molecule has 0 heterocycles. The summed E-state index contributed by atoms with van der Waals surface area (Å²) in [5.41, 5.74) is 0. The lowest BCUT2D eigenvalue weighted by atomic mass is 10.3. The van der Waals surface area contributed by atoms with E-state index in [2.05, 4.69) is 8.92 Å². The smallest absolute Gasteiger partial charge is 0.324 e. The third-order valence-corrected chi connectivity index (χ3v) is 2.52. The Bertz CT molecular complexity index is 423. The number of esters is 1. The summed E-state index contributed by atoms with van der Waals surface area (Å²) < 4.78 is 31.4. The van der Waals surface area contributed by atoms with Crippen molar-refractivity contribution in [3.8, 4) is 5.75 Å². The van der Waals surface area contributed by atoms with Crippen LogP contribution in [0.15, 0.2) is 30.3 Å². The minimum atomic E-state index is -3.92. The first-order valence-corrected chi connectivity index (χ1v) is 5.65. The van der Waals surface area contributed by atoms with Crippen LogP contribution in [0.4, 0.5) is 0 Å². The molecule has 1 rings (SSSR count). The van der Waals surface area contributed by atoms with Gasteiger partial charge in [0.2, 0.25) is 0 Å². The molecule has 0 saturated heterocycles. The summed E-state index contributed by atoms with van der Waals surface area (Å²) in [6.07, 6.45) is 0. The molecule has 0 aromatic heterocycles. The van der Waals surface area contributed by atoms with Crippen molar-refractivity contribution in [3.05, 3.63) is 30.3 Å². The van der Waals surface area contributed by atoms with Crippen LogP contribution < -0.4 is 4.18 Å². The number of para-hydroxylation sites is 1. The Labute approximate surface area is 87.7 Å². The predicted octanol–water partition coefficient (Wildman–Crippen LogP) is 0.568. The average molecular weight is 230 g/mol. The maximum Gasteiger partial charge on any atom is 0.324 e. The van der Waals surface area contributed by atoms with Gasteiger partial charge in [-0.25, -0.2) is 0 Å². The summed E-state index contributed by atoms with van der Waals surface area (Å²) in [4.78, 5) is 10.7. The van der Waals surface area contributed by atoms with E-state index >= 15 is 0 Å². The van der Waals surface area contributed by atoms with Crippen molar-refractivity contribution < 1.29 is 22.1 Å². The first-order valence-electron chi connectivity index (χ1n) is 4.07. The fourth-order valence-electron chi connectivity index (χ4n) is 0.855. The molecule has 0 N–H and O–H groups in total. The highest BCUT2D eigenvalue weighted by atomic mass is 32.2. The fourth-order valence-corrected chi connectivity index (χ4v) is 1.73. The normalized spacial score (nSPS) is 10.7. The Balaban J connectivity index is 2.69. The van der Waals surface area contributed by atoms with Gasteiger partial charge in [-0.2, -0.15) is 8.42 Å². The zero-order chi connectivity index (χ0) is 11.3. The number of carbonyl (C=O) groups excluding carboxylic acids is 1. The Morgan fingerprint density at radius 3 is 2.40 bits per heavy atom. The lowest BCUT2D eigenvalue weighted by Gasteiger charge is -2.04. The average Bonchev–Trinajstić information content (AvgIpc) is 2.17. The Hall–Kier alpha value is -1.56. The Morgan fingerprint density at radius 2 is 1.87 bits per heavy atom. The van der Waals surface area contributed by atoms with Crippen LogP contribution in [0.3, 0.4) is 0 Å². The molecule has 0 saturated carbocycles. The minimum Gasteiger partial charge on any atom is -0.468 e. The summed E-state index contributed by atoms with van der Waals surface area (Å²) in [5.74, 6) is -1.48. The molecular formula is C9H10O5S. The monoisotopic (exact) mass is 230 g/mol. The fraction of sp³-hybridized carbons (Fsp3) is 0.222. The number of methoxy groups -OCH3 is 1. The number of carbonyl (C=O) groups is 1. The number of hydrogen-bond donors (Lipinski definition) is 0. The van der Waals surface area contributed by atoms with Crippen molar-refractivity contribution in [1.29, 1.82) is 0 Å². The van der Waals surface area contributed by atoms with E-state index in [1.807, 2.05) is 0 Å². The predicted molar refractivity (Wildman–Crippen MR) is 52.9 cm³/mol. The van der Waals surface area contributed by atoms with Crippen LogP contribution in [0.25, 0.3) is 0 Å². The van der Waals surface area contributed by atoms with Gasteiger partial charge in [-0.05, 0) is 12.1 Å². The molecule has 0 aliphatic carbocycles. The third kappa shape index (κ3) is 3.99. The van der Waals surface area contributed by atoms with Gasteiger partial charge >= 0.3 is 16.1 Å². The van der Waals surface area contributed by atoms with Gasteiger partial charge in [-0.15, -0.1) is 0 Å². The van der Waals surface area contributed by atoms with Gasteiger partial charge in [0.25, 0.3) is 0 Å². The topological polar surface area (TPSA) is 69.7 Å². The minimum absolute atomic E-state index is 0.168. The van der Waals surface area contributed by atoms with Crippen LogP contribution in [0.5, 0.6) is 5.75 Å². The molecule has 0 bridgehead atoms. The number of rotatable bonds is 4. The SMILES string of the molecule is COC(=O)CS(=O)(=O)Oc1ccccc1. The van der Waals surface area contributed by atoms with Crippen LogP contribution in [0.2, 0.25) is 0 Å². The number of benzene rings is 1. The van der Waals surface area contributed by atoms with Gasteiger partial charge in [-0.3, -0.25) is 4.79 Å². The molecule has 1 aromatic carbocycles. The van der Waals surface area contributed by atoms with Crippen molar-refractivity contribution in [1.82, 2.24) is 0 Å². The molecule has 15 heavy (non-hydrogen) atoms. The molecule has 0 aliphatic heterocycles. The highest BCUT2D eigenvalue weighted by Gasteiger charge is 2.18. The standard InChI is InChI=1S/C9H10O5S/c1-13-9(10)7-15(11,12)14-8-5-3-2-4-6-8/h2-6H,7H2,1H3. The van der Waals surface area contributed by atoms with Crippen molar-refractivity contribution in [2.45, 2.75) is 0 Å². The molecule has 82 valence electrons. The van der Waals surface area contributed by atoms with Crippen molar-refractivity contribution in [3.63, 3.8) is 0 Å². The van der Waals surface area contributed by atoms with E-state index < -0.39 is 21.8 Å². The van der Waals surface area contributed by atoms with Gasteiger partial charge in [0.05, 0.1) is 7.11 Å². The summed E-state index contributed by atoms with van der Waals surface area (Å²) in [7, 11) is -2.81. The van der Waals surface area contributed by atoms with E-state index in [0.717, 1.165) is 7.11 Å². The second kappa shape index (κ2) is 4.79. The van der Waals surface area contributed by atoms with E-state index in [-0.39, 0.29) is 5.75 Å². The lowest BCUT2D eigenvalue weighted by molar-refractivity contribution is -0.137. The van der Waals surface area contributed by atoms with Crippen molar-refractivity contribution >= 4 is 16.1 Å². The largest absolute Gasteiger partial charge is 0.468 e. The molecule has 0 atom stereocenters. The highest BCUT2D eigenvalue weighted by Crippen LogP contribution is 2.11. The number of ether oxygens (including phenoxy) is 1. The van der Waals surface area contributed by atoms with Gasteiger partial charge in [0.15, 0.2) is 5.75 Å². The van der Waals surface area contributed by atoms with Gasteiger partial charge in [0, 0.05) is 0 Å². The van der Waals surface area contributed by atoms with E-state index in [1.54, 1.807) is 18.2 Å². The Morgan fingerprint density at radius 1 is 1.27 bits per heavy atom. The van der Waals surface area contributed by atoms with Crippen LogP contribution in [-0.2, 0) is 19.6 Å². The molecule has 0 amide bonds. The van der Waals surface area contributed by atoms with Crippen LogP contribution in [0, 0.1) is 0 Å². The molecule has 0 radical (unpaired) electrons. The Kier molecular flexibility index (Phi) is 3.68. The van der Waals surface area contributed by atoms with Crippen LogP contribution in [-0.4, -0.2) is 27.2 Å². The zero-order valence-electron chi connectivity index (χ0n) is 8.04. The van der Waals surface area contributed by atoms with Crippen LogP contribution >= 0.6 is 0 Å². The molecule has 0 spiro atoms. The second-order valence-electron chi connectivity index (χ2n) is 2.67. The molecule has 6 heteroatoms. The molecule has 0 fully saturated rings. The first-order chi connectivity index (χ1) is 7.03. The molecule has 5 nitrogen and oxygen atoms in total. The van der Waals surface area contributed by atoms with Gasteiger partial charge in [0.1, 0.15) is 5.75 Å². The van der Waals surface area contributed by atoms with E-state index in [1.165, 1.54) is 12.1 Å². The number of hydrogen-bond acceptors (Lipinski definition) is 5. The zero-order valence-corrected chi connectivity index (χ0v) is 8.86. The van der Waals surface area contributed by atoms with Crippen molar-refractivity contribution in [2.75, 3.05) is 12.9 Å². The maximum absolute atomic E-state index is 11.2. The molecule has 0 unspecified atom stereocenters. The highest BCUT2D eigenvalue weighted by molar-refractivity contribution is 7.87. The third-order valence-electron chi connectivity index (χ3n) is 1.49. The van der Waals surface area contributed by atoms with E-state index in [0.29, 0.717) is 0 Å². The van der Waals surface area contributed by atoms with Gasteiger partial charge in [-0.1, -0.05) is 18.2 Å². The van der Waals surface area contributed by atoms with E-state index in [9.17, 15) is 13.2 Å². The van der Waals surface area contributed by atoms with E-state index in [4.69, 9.17) is 0 Å². The van der Waals surface area contributed by atoms with Crippen molar-refractivity contribution in [2.24, 2.45) is 0 Å². The summed E-state index contributed by atoms with van der Waals surface area (Å²) in [5, 5.41) is 0. The molecule has 1 aromatic rings. The lowest BCUT2D eigenvalue weighted by Crippen LogP contribution is -2.21. The van der Waals surface area contributed by atoms with Crippen LogP contribution in [0.1, 0.15) is 0 Å². The summed E-state index contributed by atoms with van der Waals surface area (Å²) >= 11 is 0. The maximum atomic E-state index is 11.2. The molecule has 0 aliphatic rings. The summed E-state index contributed by atoms with van der Waals surface area (Å²) in [6, 6.07) is 7.94. The second-order valence-corrected chi connectivity index (χ2v) is 4.25. The summed E-state index contributed by atoms with van der Waals surface area (Å²) in [6.45, 7) is 0.